The smallest absolute Gasteiger partial charge is 0.432 e. The van der Waals surface area contributed by atoms with Gasteiger partial charge in [-0.2, -0.15) is 5.06 Å². The van der Waals surface area contributed by atoms with E-state index in [4.69, 9.17) is 9.57 Å². The summed E-state index contributed by atoms with van der Waals surface area (Å²) in [5.41, 5.74) is 0. The molecular formula is C15H19NO4. The van der Waals surface area contributed by atoms with Crippen molar-refractivity contribution in [3.05, 3.63) is 0 Å². The first kappa shape index (κ1) is 13.3. The minimum absolute atomic E-state index is 0.146. The number of hydrogen-bond acceptors (Lipinski definition) is 4. The van der Waals surface area contributed by atoms with Gasteiger partial charge in [0.15, 0.2) is 0 Å². The lowest BCUT2D eigenvalue weighted by Crippen LogP contribution is -2.29. The van der Waals surface area contributed by atoms with Gasteiger partial charge in [-0.25, -0.2) is 4.79 Å². The molecule has 2 fully saturated rings. The van der Waals surface area contributed by atoms with E-state index in [9.17, 15) is 9.59 Å². The van der Waals surface area contributed by atoms with Gasteiger partial charge in [-0.3, -0.25) is 4.79 Å². The molecule has 1 saturated carbocycles. The predicted molar refractivity (Wildman–Crippen MR) is 70.1 cm³/mol. The van der Waals surface area contributed by atoms with Crippen LogP contribution < -0.4 is 0 Å². The molecule has 0 bridgehead atoms. The molecule has 0 radical (unpaired) electrons. The van der Waals surface area contributed by atoms with E-state index in [2.05, 4.69) is 11.8 Å². The van der Waals surface area contributed by atoms with E-state index in [1.165, 1.54) is 0 Å². The molecule has 3 rings (SSSR count). The molecule has 0 aromatic heterocycles. The van der Waals surface area contributed by atoms with Gasteiger partial charge in [-0.15, -0.1) is 11.8 Å². The van der Waals surface area contributed by atoms with Crippen LogP contribution in [0.5, 0.6) is 0 Å². The first-order valence-corrected chi connectivity index (χ1v) is 7.36. The van der Waals surface area contributed by atoms with E-state index >= 15 is 0 Å². The Morgan fingerprint density at radius 1 is 1.25 bits per heavy atom. The van der Waals surface area contributed by atoms with Gasteiger partial charge < -0.3 is 9.57 Å². The second kappa shape index (κ2) is 5.74. The molecular weight excluding hydrogens is 258 g/mol. The van der Waals surface area contributed by atoms with Crippen LogP contribution in [0.1, 0.15) is 38.5 Å². The molecule has 5 heteroatoms. The molecule has 0 aromatic carbocycles. The van der Waals surface area contributed by atoms with Crippen LogP contribution in [0.4, 0.5) is 4.79 Å². The summed E-state index contributed by atoms with van der Waals surface area (Å²) >= 11 is 0. The molecule has 0 aromatic rings. The van der Waals surface area contributed by atoms with Gasteiger partial charge in [-0.1, -0.05) is 0 Å². The van der Waals surface area contributed by atoms with Gasteiger partial charge in [0.05, 0.1) is 13.2 Å². The molecule has 3 aliphatic rings. The Bertz CT molecular complexity index is 446. The monoisotopic (exact) mass is 277 g/mol. The number of fused-ring (bicyclic) bond motifs is 1. The van der Waals surface area contributed by atoms with Crippen LogP contribution >= 0.6 is 0 Å². The number of ether oxygens (including phenoxy) is 1. The molecule has 1 aliphatic heterocycles. The molecule has 1 heterocycles. The van der Waals surface area contributed by atoms with Gasteiger partial charge in [-0.05, 0) is 37.0 Å². The van der Waals surface area contributed by atoms with Crippen LogP contribution in [0.2, 0.25) is 0 Å². The van der Waals surface area contributed by atoms with E-state index in [0.717, 1.165) is 37.2 Å². The Morgan fingerprint density at radius 2 is 1.95 bits per heavy atom. The fraction of sp³-hybridized carbons (Fsp3) is 0.733. The third-order valence-electron chi connectivity index (χ3n) is 4.45. The van der Waals surface area contributed by atoms with Gasteiger partial charge >= 0.3 is 6.16 Å². The number of carbonyl (C=O) groups is 2. The number of hydrogen-bond donors (Lipinski definition) is 0. The van der Waals surface area contributed by atoms with Crippen molar-refractivity contribution >= 4 is 12.1 Å². The molecule has 20 heavy (non-hydrogen) atoms. The molecule has 2 aliphatic carbocycles. The van der Waals surface area contributed by atoms with E-state index in [1.807, 2.05) is 0 Å². The Morgan fingerprint density at radius 3 is 2.55 bits per heavy atom. The van der Waals surface area contributed by atoms with Crippen LogP contribution in [-0.2, 0) is 14.4 Å². The average molecular weight is 277 g/mol. The summed E-state index contributed by atoms with van der Waals surface area (Å²) in [6.07, 6.45) is 4.53. The minimum Gasteiger partial charge on any atom is -0.432 e. The van der Waals surface area contributed by atoms with Crippen LogP contribution in [0.15, 0.2) is 0 Å². The highest BCUT2D eigenvalue weighted by Crippen LogP contribution is 2.52. The Kier molecular flexibility index (Phi) is 3.81. The van der Waals surface area contributed by atoms with E-state index in [0.29, 0.717) is 37.3 Å². The molecule has 108 valence electrons. The van der Waals surface area contributed by atoms with Crippen molar-refractivity contribution in [3.63, 3.8) is 0 Å². The Labute approximate surface area is 118 Å². The van der Waals surface area contributed by atoms with Gasteiger partial charge in [0.2, 0.25) is 0 Å². The molecule has 0 N–H and O–H groups in total. The third kappa shape index (κ3) is 2.90. The summed E-state index contributed by atoms with van der Waals surface area (Å²) in [4.78, 5) is 27.8. The molecule has 0 spiro atoms. The lowest BCUT2D eigenvalue weighted by atomic mass is 10.1. The molecule has 2 atom stereocenters. The zero-order valence-electron chi connectivity index (χ0n) is 11.5. The highest BCUT2D eigenvalue weighted by atomic mass is 16.8. The summed E-state index contributed by atoms with van der Waals surface area (Å²) in [5.74, 6) is 7.90. The average Bonchev–Trinajstić information content (AvgIpc) is 2.87. The molecule has 1 saturated heterocycles. The van der Waals surface area contributed by atoms with Crippen molar-refractivity contribution in [1.82, 2.24) is 5.06 Å². The number of nitrogens with zero attached hydrogens (tertiary/aromatic N) is 1. The van der Waals surface area contributed by atoms with E-state index in [1.54, 1.807) is 0 Å². The van der Waals surface area contributed by atoms with E-state index in [-0.39, 0.29) is 5.91 Å². The van der Waals surface area contributed by atoms with Crippen LogP contribution in [-0.4, -0.2) is 30.3 Å². The SMILES string of the molecule is O=C(OCC1C2CCC#CCCC21)ON1CCCC1=O. The van der Waals surface area contributed by atoms with Gasteiger partial charge in [0.1, 0.15) is 0 Å². The predicted octanol–water partition coefficient (Wildman–Crippen LogP) is 2.12. The Hall–Kier alpha value is -1.70. The largest absolute Gasteiger partial charge is 0.533 e. The fourth-order valence-electron chi connectivity index (χ4n) is 3.28. The number of carbonyl (C=O) groups excluding carboxylic acids is 2. The second-order valence-electron chi connectivity index (χ2n) is 5.67. The zero-order valence-corrected chi connectivity index (χ0v) is 11.5. The maximum absolute atomic E-state index is 11.6. The Balaban J connectivity index is 1.39. The molecule has 5 nitrogen and oxygen atoms in total. The van der Waals surface area contributed by atoms with E-state index < -0.39 is 6.16 Å². The number of rotatable bonds is 3. The quantitative estimate of drug-likeness (QED) is 0.585. The summed E-state index contributed by atoms with van der Waals surface area (Å²) in [6, 6.07) is 0. The highest BCUT2D eigenvalue weighted by molar-refractivity contribution is 5.78. The van der Waals surface area contributed by atoms with Crippen molar-refractivity contribution in [2.24, 2.45) is 17.8 Å². The first-order valence-electron chi connectivity index (χ1n) is 7.36. The van der Waals surface area contributed by atoms with Gasteiger partial charge in [0, 0.05) is 19.3 Å². The summed E-state index contributed by atoms with van der Waals surface area (Å²) < 4.78 is 5.15. The normalized spacial score (nSPS) is 31.5. The van der Waals surface area contributed by atoms with Crippen LogP contribution in [0, 0.1) is 29.6 Å². The maximum atomic E-state index is 11.6. The second-order valence-corrected chi connectivity index (χ2v) is 5.67. The standard InChI is InChI=1S/C15H19NO4/c17-14-8-5-9-16(14)20-15(18)19-10-13-11-6-3-1-2-4-7-12(11)13/h11-13H,3-10H2. The first-order chi connectivity index (χ1) is 9.75. The lowest BCUT2D eigenvalue weighted by Gasteiger charge is -2.13. The van der Waals surface area contributed by atoms with Crippen molar-refractivity contribution < 1.29 is 19.2 Å². The molecule has 2 unspecified atom stereocenters. The molecule has 1 amide bonds. The van der Waals surface area contributed by atoms with Crippen molar-refractivity contribution in [3.8, 4) is 11.8 Å². The topological polar surface area (TPSA) is 55.8 Å². The van der Waals surface area contributed by atoms with Crippen molar-refractivity contribution in [2.75, 3.05) is 13.2 Å². The van der Waals surface area contributed by atoms with Crippen molar-refractivity contribution in [1.29, 1.82) is 0 Å². The van der Waals surface area contributed by atoms with Crippen molar-refractivity contribution in [2.45, 2.75) is 38.5 Å². The summed E-state index contributed by atoms with van der Waals surface area (Å²) in [7, 11) is 0. The minimum atomic E-state index is -0.754. The number of amides is 1. The maximum Gasteiger partial charge on any atom is 0.533 e. The van der Waals surface area contributed by atoms with Gasteiger partial charge in [0.25, 0.3) is 5.91 Å². The van der Waals surface area contributed by atoms with Crippen LogP contribution in [0.25, 0.3) is 0 Å². The highest BCUT2D eigenvalue weighted by Gasteiger charge is 2.49. The summed E-state index contributed by atoms with van der Waals surface area (Å²) in [5, 5.41) is 1.10. The lowest BCUT2D eigenvalue weighted by molar-refractivity contribution is -0.164. The third-order valence-corrected chi connectivity index (χ3v) is 4.45. The zero-order chi connectivity index (χ0) is 13.9. The number of hydroxylamine groups is 2. The summed E-state index contributed by atoms with van der Waals surface area (Å²) in [6.45, 7) is 0.871. The fourth-order valence-corrected chi connectivity index (χ4v) is 3.28. The van der Waals surface area contributed by atoms with Crippen LogP contribution in [0.3, 0.4) is 0 Å².